The Bertz CT molecular complexity index is 1180. The van der Waals surface area contributed by atoms with Gasteiger partial charge in [-0.1, -0.05) is 52.0 Å². The van der Waals surface area contributed by atoms with Gasteiger partial charge in [-0.3, -0.25) is 4.79 Å². The van der Waals surface area contributed by atoms with Crippen LogP contribution >= 0.6 is 12.4 Å². The number of nitrogens with one attached hydrogen (secondary N) is 1. The lowest BCUT2D eigenvalue weighted by atomic mass is 9.68. The second-order valence-electron chi connectivity index (χ2n) is 10.4. The minimum absolute atomic E-state index is 0. The lowest BCUT2D eigenvalue weighted by Gasteiger charge is -2.46. The molecule has 1 fully saturated rings. The van der Waals surface area contributed by atoms with Crippen molar-refractivity contribution < 1.29 is 15.0 Å². The molecular weight excluding hydrogens is 460 g/mol. The normalized spacial score (nSPS) is 21.5. The van der Waals surface area contributed by atoms with Crippen molar-refractivity contribution in [1.29, 1.82) is 0 Å². The maximum Gasteiger partial charge on any atom is 0.251 e. The molecule has 1 aliphatic rings. The number of phenols is 2. The third-order valence-corrected chi connectivity index (χ3v) is 7.73. The summed E-state index contributed by atoms with van der Waals surface area (Å²) in [6.45, 7) is 11.6. The molecule has 0 unspecified atom stereocenters. The summed E-state index contributed by atoms with van der Waals surface area (Å²) in [5.41, 5.74) is 1.84. The fraction of sp³-hybridized carbons (Fsp3) is 0.414. The number of hydrogen-bond donors (Lipinski definition) is 3. The Balaban J connectivity index is 0.00000342. The van der Waals surface area contributed by atoms with Gasteiger partial charge in [0.25, 0.3) is 5.91 Å². The highest BCUT2D eigenvalue weighted by molar-refractivity contribution is 5.99. The molecule has 1 saturated heterocycles. The van der Waals surface area contributed by atoms with E-state index in [0.29, 0.717) is 23.1 Å². The number of halogens is 1. The van der Waals surface area contributed by atoms with Gasteiger partial charge >= 0.3 is 0 Å². The molecule has 35 heavy (non-hydrogen) atoms. The lowest BCUT2D eigenvalue weighted by molar-refractivity contribution is 0.0815. The van der Waals surface area contributed by atoms with E-state index in [1.165, 1.54) is 5.56 Å². The van der Waals surface area contributed by atoms with Crippen molar-refractivity contribution in [3.8, 4) is 11.5 Å². The molecule has 0 radical (unpaired) electrons. The minimum atomic E-state index is -0.0664. The first kappa shape index (κ1) is 26.8. The first-order valence-electron chi connectivity index (χ1n) is 12.2. The number of carbonyl (C=O) groups is 1. The number of benzene rings is 3. The van der Waals surface area contributed by atoms with Gasteiger partial charge < -0.3 is 20.4 Å². The molecule has 3 N–H and O–H groups in total. The zero-order valence-corrected chi connectivity index (χ0v) is 21.8. The summed E-state index contributed by atoms with van der Waals surface area (Å²) in [5, 5.41) is 24.8. The predicted molar refractivity (Wildman–Crippen MR) is 145 cm³/mol. The van der Waals surface area contributed by atoms with E-state index >= 15 is 0 Å². The van der Waals surface area contributed by atoms with E-state index in [0.717, 1.165) is 36.8 Å². The van der Waals surface area contributed by atoms with E-state index in [4.69, 9.17) is 0 Å². The van der Waals surface area contributed by atoms with Gasteiger partial charge in [0.15, 0.2) is 0 Å². The molecule has 0 bridgehead atoms. The Morgan fingerprint density at radius 2 is 1.74 bits per heavy atom. The van der Waals surface area contributed by atoms with Crippen LogP contribution in [0.25, 0.3) is 10.8 Å². The third kappa shape index (κ3) is 5.91. The van der Waals surface area contributed by atoms with Crippen LogP contribution in [0, 0.1) is 11.8 Å². The summed E-state index contributed by atoms with van der Waals surface area (Å²) in [6, 6.07) is 18.5. The van der Waals surface area contributed by atoms with Crippen LogP contribution in [0.15, 0.2) is 60.7 Å². The molecule has 1 heterocycles. The quantitative estimate of drug-likeness (QED) is 0.407. The van der Waals surface area contributed by atoms with E-state index in [1.807, 2.05) is 36.4 Å². The summed E-state index contributed by atoms with van der Waals surface area (Å²) in [5.74, 6) is 1.20. The summed E-state index contributed by atoms with van der Waals surface area (Å²) in [4.78, 5) is 15.6. The highest BCUT2D eigenvalue weighted by Gasteiger charge is 2.38. The number of carbonyl (C=O) groups excluding carboxylic acids is 1. The summed E-state index contributed by atoms with van der Waals surface area (Å²) < 4.78 is 0. The van der Waals surface area contributed by atoms with Crippen LogP contribution in [0.3, 0.4) is 0 Å². The molecule has 3 atom stereocenters. The Morgan fingerprint density at radius 1 is 1.06 bits per heavy atom. The molecule has 1 aliphatic heterocycles. The van der Waals surface area contributed by atoms with Crippen molar-refractivity contribution in [2.75, 3.05) is 19.6 Å². The molecule has 188 valence electrons. The van der Waals surface area contributed by atoms with Crippen LogP contribution in [0.5, 0.6) is 11.5 Å². The van der Waals surface area contributed by atoms with Gasteiger partial charge in [0.1, 0.15) is 11.5 Å². The van der Waals surface area contributed by atoms with Crippen molar-refractivity contribution in [3.05, 3.63) is 71.8 Å². The van der Waals surface area contributed by atoms with Gasteiger partial charge in [0, 0.05) is 24.7 Å². The molecule has 0 spiro atoms. The molecule has 3 aromatic carbocycles. The number of amides is 1. The number of hydrogen-bond acceptors (Lipinski definition) is 4. The first-order chi connectivity index (χ1) is 16.2. The molecule has 6 heteroatoms. The number of phenolic OH excluding ortho intramolecular Hbond substituents is 2. The Labute approximate surface area is 214 Å². The van der Waals surface area contributed by atoms with Gasteiger partial charge in [-0.05, 0) is 83.0 Å². The molecule has 4 rings (SSSR count). The van der Waals surface area contributed by atoms with Crippen molar-refractivity contribution >= 4 is 29.1 Å². The molecule has 0 aliphatic carbocycles. The molecule has 3 aromatic rings. The highest BCUT2D eigenvalue weighted by Crippen LogP contribution is 2.40. The zero-order valence-electron chi connectivity index (χ0n) is 21.0. The number of rotatable bonds is 6. The number of fused-ring (bicyclic) bond motifs is 1. The van der Waals surface area contributed by atoms with E-state index in [9.17, 15) is 15.0 Å². The van der Waals surface area contributed by atoms with Crippen LogP contribution in [0.1, 0.15) is 50.0 Å². The van der Waals surface area contributed by atoms with E-state index < -0.39 is 0 Å². The largest absolute Gasteiger partial charge is 0.508 e. The van der Waals surface area contributed by atoms with Gasteiger partial charge in [0.05, 0.1) is 0 Å². The van der Waals surface area contributed by atoms with Crippen molar-refractivity contribution in [2.45, 2.75) is 45.6 Å². The SMILES string of the molecule is CC(C)[C@@H](CN1CC[C@@](C)(c2cccc(O)c2)[C@@H](C)C1)NC(=O)c1ccc2cc(O)ccc2c1.Cl. The van der Waals surface area contributed by atoms with Gasteiger partial charge in [0.2, 0.25) is 0 Å². The average Bonchev–Trinajstić information content (AvgIpc) is 2.80. The monoisotopic (exact) mass is 496 g/mol. The summed E-state index contributed by atoms with van der Waals surface area (Å²) in [7, 11) is 0. The molecule has 0 saturated carbocycles. The maximum atomic E-state index is 13.1. The van der Waals surface area contributed by atoms with E-state index in [2.05, 4.69) is 44.0 Å². The average molecular weight is 497 g/mol. The topological polar surface area (TPSA) is 72.8 Å². The smallest absolute Gasteiger partial charge is 0.251 e. The van der Waals surface area contributed by atoms with E-state index in [-0.39, 0.29) is 35.5 Å². The fourth-order valence-corrected chi connectivity index (χ4v) is 5.10. The molecular formula is C29H37ClN2O3. The number of aromatic hydroxyl groups is 2. The fourth-order valence-electron chi connectivity index (χ4n) is 5.10. The Morgan fingerprint density at radius 3 is 2.43 bits per heavy atom. The number of nitrogens with zero attached hydrogens (tertiary/aromatic N) is 1. The van der Waals surface area contributed by atoms with Crippen molar-refractivity contribution in [3.63, 3.8) is 0 Å². The second kappa shape index (κ2) is 10.9. The van der Waals surface area contributed by atoms with Crippen molar-refractivity contribution in [1.82, 2.24) is 10.2 Å². The van der Waals surface area contributed by atoms with Crippen LogP contribution in [0.2, 0.25) is 0 Å². The summed E-state index contributed by atoms with van der Waals surface area (Å²) >= 11 is 0. The van der Waals surface area contributed by atoms with Crippen LogP contribution in [-0.4, -0.2) is 46.7 Å². The lowest BCUT2D eigenvalue weighted by Crippen LogP contribution is -2.53. The zero-order chi connectivity index (χ0) is 24.5. The van der Waals surface area contributed by atoms with Crippen molar-refractivity contribution in [2.24, 2.45) is 11.8 Å². The second-order valence-corrected chi connectivity index (χ2v) is 10.4. The minimum Gasteiger partial charge on any atom is -0.508 e. The molecule has 1 amide bonds. The molecule has 0 aromatic heterocycles. The van der Waals surface area contributed by atoms with Gasteiger partial charge in [-0.2, -0.15) is 0 Å². The molecule has 5 nitrogen and oxygen atoms in total. The van der Waals surface area contributed by atoms with Crippen LogP contribution < -0.4 is 5.32 Å². The number of likely N-dealkylation sites (tertiary alicyclic amines) is 1. The third-order valence-electron chi connectivity index (χ3n) is 7.73. The summed E-state index contributed by atoms with van der Waals surface area (Å²) in [6.07, 6.45) is 1.01. The van der Waals surface area contributed by atoms with Crippen LogP contribution in [0.4, 0.5) is 0 Å². The van der Waals surface area contributed by atoms with Crippen LogP contribution in [-0.2, 0) is 5.41 Å². The number of piperidine rings is 1. The van der Waals surface area contributed by atoms with Gasteiger partial charge in [-0.15, -0.1) is 12.4 Å². The Kier molecular flexibility index (Phi) is 8.34. The predicted octanol–water partition coefficient (Wildman–Crippen LogP) is 5.73. The standard InChI is InChI=1S/C29H36N2O3.ClH/c1-19(2)27(30-28(34)23-9-8-22-15-26(33)11-10-21(22)14-23)18-31-13-12-29(4,20(3)17-31)24-6-5-7-25(32)16-24;/h5-11,14-16,19-20,27,32-33H,12-13,17-18H2,1-4H3,(H,30,34);1H/t20-,27+,29+;/m0./s1. The van der Waals surface area contributed by atoms with Gasteiger partial charge in [-0.25, -0.2) is 0 Å². The van der Waals surface area contributed by atoms with E-state index in [1.54, 1.807) is 18.2 Å². The Hall–Kier alpha value is -2.76. The first-order valence-corrected chi connectivity index (χ1v) is 12.2. The maximum absolute atomic E-state index is 13.1. The highest BCUT2D eigenvalue weighted by atomic mass is 35.5.